The van der Waals surface area contributed by atoms with Gasteiger partial charge < -0.3 is 9.47 Å². The lowest BCUT2D eigenvalue weighted by Gasteiger charge is -2.10. The Labute approximate surface area is 116 Å². The zero-order valence-electron chi connectivity index (χ0n) is 10.6. The molecule has 98 valence electrons. The number of carbonyl (C=O) groups excluding carboxylic acids is 1. The quantitative estimate of drug-likeness (QED) is 0.801. The van der Waals surface area contributed by atoms with Crippen molar-refractivity contribution in [3.05, 3.63) is 58.6 Å². The van der Waals surface area contributed by atoms with E-state index >= 15 is 0 Å². The van der Waals surface area contributed by atoms with Crippen molar-refractivity contribution < 1.29 is 14.3 Å². The highest BCUT2D eigenvalue weighted by Gasteiger charge is 2.18. The van der Waals surface area contributed by atoms with E-state index in [0.29, 0.717) is 27.6 Å². The van der Waals surface area contributed by atoms with Crippen LogP contribution in [-0.4, -0.2) is 20.0 Å². The van der Waals surface area contributed by atoms with Gasteiger partial charge in [-0.1, -0.05) is 23.7 Å². The Bertz CT molecular complexity index is 608. The Kier molecular flexibility index (Phi) is 4.07. The molecular formula is C15H13ClO3. The van der Waals surface area contributed by atoms with Crippen molar-refractivity contribution in [3.8, 4) is 11.5 Å². The summed E-state index contributed by atoms with van der Waals surface area (Å²) in [4.78, 5) is 12.5. The fourth-order valence-corrected chi connectivity index (χ4v) is 1.99. The molecule has 0 spiro atoms. The van der Waals surface area contributed by atoms with Crippen LogP contribution < -0.4 is 9.47 Å². The molecule has 0 radical (unpaired) electrons. The van der Waals surface area contributed by atoms with E-state index in [-0.39, 0.29) is 5.78 Å². The van der Waals surface area contributed by atoms with Crippen LogP contribution in [0.5, 0.6) is 11.5 Å². The molecule has 0 aliphatic heterocycles. The third-order valence-corrected chi connectivity index (χ3v) is 2.99. The second-order valence-corrected chi connectivity index (χ2v) is 4.31. The third kappa shape index (κ3) is 2.71. The summed E-state index contributed by atoms with van der Waals surface area (Å²) >= 11 is 5.89. The Morgan fingerprint density at radius 1 is 0.947 bits per heavy atom. The number of benzene rings is 2. The summed E-state index contributed by atoms with van der Waals surface area (Å²) in [5, 5.41) is 0.522. The molecule has 2 aromatic rings. The van der Waals surface area contributed by atoms with Crippen molar-refractivity contribution in [2.45, 2.75) is 0 Å². The van der Waals surface area contributed by atoms with E-state index in [2.05, 4.69) is 0 Å². The highest BCUT2D eigenvalue weighted by Crippen LogP contribution is 2.28. The topological polar surface area (TPSA) is 35.5 Å². The molecule has 0 aromatic heterocycles. The minimum Gasteiger partial charge on any atom is -0.496 e. The van der Waals surface area contributed by atoms with E-state index in [1.165, 1.54) is 14.2 Å². The third-order valence-electron chi connectivity index (χ3n) is 2.76. The van der Waals surface area contributed by atoms with Gasteiger partial charge in [-0.2, -0.15) is 0 Å². The molecule has 0 aliphatic rings. The number of para-hydroxylation sites is 1. The summed E-state index contributed by atoms with van der Waals surface area (Å²) in [6, 6.07) is 12.0. The maximum atomic E-state index is 12.5. The van der Waals surface area contributed by atoms with Gasteiger partial charge in [-0.25, -0.2) is 0 Å². The van der Waals surface area contributed by atoms with Gasteiger partial charge in [0.25, 0.3) is 0 Å². The number of ether oxygens (including phenoxy) is 2. The Morgan fingerprint density at radius 2 is 1.58 bits per heavy atom. The lowest BCUT2D eigenvalue weighted by molar-refractivity contribution is 0.103. The summed E-state index contributed by atoms with van der Waals surface area (Å²) in [6.07, 6.45) is 0. The monoisotopic (exact) mass is 276 g/mol. The largest absolute Gasteiger partial charge is 0.496 e. The van der Waals surface area contributed by atoms with Crippen LogP contribution in [0.1, 0.15) is 15.9 Å². The molecule has 3 nitrogen and oxygen atoms in total. The van der Waals surface area contributed by atoms with Crippen LogP contribution >= 0.6 is 11.6 Å². The molecule has 0 atom stereocenters. The number of halogens is 1. The molecule has 0 saturated heterocycles. The van der Waals surface area contributed by atoms with Gasteiger partial charge in [-0.3, -0.25) is 4.79 Å². The molecule has 0 fully saturated rings. The minimum atomic E-state index is -0.161. The van der Waals surface area contributed by atoms with Gasteiger partial charge >= 0.3 is 0 Å². The Hall–Kier alpha value is -2.00. The molecular weight excluding hydrogens is 264 g/mol. The zero-order valence-corrected chi connectivity index (χ0v) is 11.4. The smallest absolute Gasteiger partial charge is 0.200 e. The lowest BCUT2D eigenvalue weighted by atomic mass is 10.0. The number of hydrogen-bond donors (Lipinski definition) is 0. The first-order valence-electron chi connectivity index (χ1n) is 5.68. The van der Waals surface area contributed by atoms with E-state index < -0.39 is 0 Å². The summed E-state index contributed by atoms with van der Waals surface area (Å²) in [7, 11) is 3.04. The SMILES string of the molecule is COc1ccccc1C(=O)c1ccc(Cl)cc1OC. The normalized spacial score (nSPS) is 10.1. The standard InChI is InChI=1S/C15H13ClO3/c1-18-13-6-4-3-5-11(13)15(17)12-8-7-10(16)9-14(12)19-2/h3-9H,1-2H3. The molecule has 0 saturated carbocycles. The van der Waals surface area contributed by atoms with Crippen molar-refractivity contribution in [1.29, 1.82) is 0 Å². The zero-order chi connectivity index (χ0) is 13.8. The first kappa shape index (κ1) is 13.4. The number of methoxy groups -OCH3 is 2. The van der Waals surface area contributed by atoms with Crippen molar-refractivity contribution in [2.24, 2.45) is 0 Å². The van der Waals surface area contributed by atoms with Crippen LogP contribution in [0.2, 0.25) is 5.02 Å². The van der Waals surface area contributed by atoms with E-state index in [1.807, 2.05) is 6.07 Å². The average molecular weight is 277 g/mol. The number of hydrogen-bond acceptors (Lipinski definition) is 3. The molecule has 0 bridgehead atoms. The van der Waals surface area contributed by atoms with Gasteiger partial charge in [-0.15, -0.1) is 0 Å². The molecule has 19 heavy (non-hydrogen) atoms. The summed E-state index contributed by atoms with van der Waals surface area (Å²) < 4.78 is 10.4. The summed E-state index contributed by atoms with van der Waals surface area (Å²) in [5.41, 5.74) is 0.946. The molecule has 0 heterocycles. The van der Waals surface area contributed by atoms with Gasteiger partial charge in [0.05, 0.1) is 25.3 Å². The second-order valence-electron chi connectivity index (χ2n) is 3.87. The van der Waals surface area contributed by atoms with E-state index in [9.17, 15) is 4.79 Å². The second kappa shape index (κ2) is 5.76. The molecule has 4 heteroatoms. The molecule has 0 N–H and O–H groups in total. The van der Waals surface area contributed by atoms with Crippen molar-refractivity contribution in [3.63, 3.8) is 0 Å². The van der Waals surface area contributed by atoms with Crippen LogP contribution in [-0.2, 0) is 0 Å². The van der Waals surface area contributed by atoms with Gasteiger partial charge in [0.1, 0.15) is 11.5 Å². The van der Waals surface area contributed by atoms with Gasteiger partial charge in [0.15, 0.2) is 5.78 Å². The van der Waals surface area contributed by atoms with Crippen LogP contribution in [0, 0.1) is 0 Å². The van der Waals surface area contributed by atoms with Crippen LogP contribution in [0.4, 0.5) is 0 Å². The number of carbonyl (C=O) groups is 1. The molecule has 0 amide bonds. The van der Waals surface area contributed by atoms with Gasteiger partial charge in [0, 0.05) is 5.02 Å². The Morgan fingerprint density at radius 3 is 2.26 bits per heavy atom. The predicted octanol–water partition coefficient (Wildman–Crippen LogP) is 3.59. The van der Waals surface area contributed by atoms with E-state index in [0.717, 1.165) is 0 Å². The van der Waals surface area contributed by atoms with Gasteiger partial charge in [0.2, 0.25) is 0 Å². The van der Waals surface area contributed by atoms with Crippen LogP contribution in [0.3, 0.4) is 0 Å². The molecule has 2 rings (SSSR count). The number of ketones is 1. The predicted molar refractivity (Wildman–Crippen MR) is 74.4 cm³/mol. The van der Waals surface area contributed by atoms with Crippen LogP contribution in [0.25, 0.3) is 0 Å². The van der Waals surface area contributed by atoms with Gasteiger partial charge in [-0.05, 0) is 30.3 Å². The maximum Gasteiger partial charge on any atom is 0.200 e. The number of rotatable bonds is 4. The molecule has 0 aliphatic carbocycles. The highest BCUT2D eigenvalue weighted by atomic mass is 35.5. The summed E-state index contributed by atoms with van der Waals surface area (Å²) in [6.45, 7) is 0. The van der Waals surface area contributed by atoms with Crippen molar-refractivity contribution >= 4 is 17.4 Å². The first-order valence-corrected chi connectivity index (χ1v) is 6.06. The van der Waals surface area contributed by atoms with Crippen LogP contribution in [0.15, 0.2) is 42.5 Å². The highest BCUT2D eigenvalue weighted by molar-refractivity contribution is 6.31. The maximum absolute atomic E-state index is 12.5. The fourth-order valence-electron chi connectivity index (χ4n) is 1.83. The average Bonchev–Trinajstić information content (AvgIpc) is 2.46. The summed E-state index contributed by atoms with van der Waals surface area (Å²) in [5.74, 6) is 0.818. The lowest BCUT2D eigenvalue weighted by Crippen LogP contribution is -2.05. The van der Waals surface area contributed by atoms with E-state index in [4.69, 9.17) is 21.1 Å². The van der Waals surface area contributed by atoms with E-state index in [1.54, 1.807) is 36.4 Å². The molecule has 0 unspecified atom stereocenters. The first-order chi connectivity index (χ1) is 9.17. The van der Waals surface area contributed by atoms with Crippen molar-refractivity contribution in [1.82, 2.24) is 0 Å². The van der Waals surface area contributed by atoms with Crippen molar-refractivity contribution in [2.75, 3.05) is 14.2 Å². The molecule has 2 aromatic carbocycles. The fraction of sp³-hybridized carbons (Fsp3) is 0.133. The minimum absolute atomic E-state index is 0.161. The Balaban J connectivity index is 2.50.